The van der Waals surface area contributed by atoms with E-state index in [4.69, 9.17) is 13.9 Å². The van der Waals surface area contributed by atoms with Gasteiger partial charge in [-0.05, 0) is 31.0 Å². The zero-order valence-corrected chi connectivity index (χ0v) is 15.1. The van der Waals surface area contributed by atoms with E-state index < -0.39 is 20.2 Å². The van der Waals surface area contributed by atoms with Crippen LogP contribution in [-0.4, -0.2) is 39.2 Å². The Kier molecular flexibility index (Phi) is 4.98. The van der Waals surface area contributed by atoms with Gasteiger partial charge in [0.05, 0.1) is 6.61 Å². The lowest BCUT2D eigenvalue weighted by Crippen LogP contribution is -2.48. The predicted octanol–water partition coefficient (Wildman–Crippen LogP) is 3.65. The van der Waals surface area contributed by atoms with E-state index in [2.05, 4.69) is 33.9 Å². The second kappa shape index (κ2) is 6.11. The summed E-state index contributed by atoms with van der Waals surface area (Å²) in [6, 6.07) is 0. The third-order valence-corrected chi connectivity index (χ3v) is 9.70. The van der Waals surface area contributed by atoms with E-state index >= 15 is 0 Å². The van der Waals surface area contributed by atoms with E-state index in [-0.39, 0.29) is 11.1 Å². The Bertz CT molecular complexity index is 369. The fourth-order valence-corrected chi connectivity index (χ4v) is 4.04. The molecule has 1 spiro atoms. The van der Waals surface area contributed by atoms with Crippen molar-refractivity contribution in [2.45, 2.75) is 89.0 Å². The summed E-state index contributed by atoms with van der Waals surface area (Å²) in [5.41, 5.74) is 0. The van der Waals surface area contributed by atoms with Gasteiger partial charge >= 0.3 is 0 Å². The monoisotopic (exact) mass is 314 g/mol. The van der Waals surface area contributed by atoms with E-state index in [1.807, 2.05) is 0 Å². The first kappa shape index (κ1) is 17.1. The van der Waals surface area contributed by atoms with Crippen LogP contribution in [0.4, 0.5) is 0 Å². The summed E-state index contributed by atoms with van der Waals surface area (Å²) in [5.74, 6) is -0.443. The van der Waals surface area contributed by atoms with Gasteiger partial charge in [0.1, 0.15) is 18.5 Å². The van der Waals surface area contributed by atoms with Crippen molar-refractivity contribution in [3.05, 3.63) is 0 Å². The molecule has 0 amide bonds. The number of hydrogen-bond acceptors (Lipinski definition) is 4. The number of aldehydes is 1. The van der Waals surface area contributed by atoms with Crippen molar-refractivity contribution in [2.24, 2.45) is 0 Å². The Morgan fingerprint density at radius 2 is 1.86 bits per heavy atom. The first-order valence-corrected chi connectivity index (χ1v) is 11.0. The van der Waals surface area contributed by atoms with E-state index in [0.29, 0.717) is 6.61 Å². The van der Waals surface area contributed by atoms with Gasteiger partial charge in [0.15, 0.2) is 14.1 Å². The Labute approximate surface area is 129 Å². The first-order valence-electron chi connectivity index (χ1n) is 8.14. The maximum Gasteiger partial charge on any atom is 0.193 e. The van der Waals surface area contributed by atoms with Gasteiger partial charge in [-0.15, -0.1) is 0 Å². The summed E-state index contributed by atoms with van der Waals surface area (Å²) >= 11 is 0. The number of rotatable bonds is 4. The minimum Gasteiger partial charge on any atom is -0.404 e. The zero-order valence-electron chi connectivity index (χ0n) is 14.1. The highest BCUT2D eigenvalue weighted by Crippen LogP contribution is 2.41. The van der Waals surface area contributed by atoms with Crippen LogP contribution >= 0.6 is 0 Å². The van der Waals surface area contributed by atoms with Gasteiger partial charge in [0, 0.05) is 12.8 Å². The van der Waals surface area contributed by atoms with Crippen molar-refractivity contribution in [2.75, 3.05) is 6.61 Å². The van der Waals surface area contributed by atoms with Crippen LogP contribution in [-0.2, 0) is 18.7 Å². The van der Waals surface area contributed by atoms with Gasteiger partial charge in [0.25, 0.3) is 0 Å². The largest absolute Gasteiger partial charge is 0.404 e. The number of hydrogen-bond donors (Lipinski definition) is 0. The summed E-state index contributed by atoms with van der Waals surface area (Å²) < 4.78 is 18.3. The van der Waals surface area contributed by atoms with Crippen LogP contribution in [0.25, 0.3) is 0 Å². The lowest BCUT2D eigenvalue weighted by Gasteiger charge is -2.39. The number of ether oxygens (including phenoxy) is 2. The molecule has 0 aromatic heterocycles. The molecule has 0 aromatic carbocycles. The topological polar surface area (TPSA) is 44.8 Å². The van der Waals surface area contributed by atoms with Gasteiger partial charge in [0.2, 0.25) is 0 Å². The van der Waals surface area contributed by atoms with Crippen molar-refractivity contribution in [1.82, 2.24) is 0 Å². The van der Waals surface area contributed by atoms with Crippen LogP contribution in [0.5, 0.6) is 0 Å². The summed E-state index contributed by atoms with van der Waals surface area (Å²) in [4.78, 5) is 11.5. The quantitative estimate of drug-likeness (QED) is 0.587. The highest BCUT2D eigenvalue weighted by Gasteiger charge is 2.47. The molecule has 5 heteroatoms. The molecule has 1 saturated carbocycles. The minimum atomic E-state index is -1.98. The summed E-state index contributed by atoms with van der Waals surface area (Å²) in [6.07, 6.45) is 5.54. The van der Waals surface area contributed by atoms with E-state index in [9.17, 15) is 4.79 Å². The SMILES string of the molecule is CC(C)(C)[Si](C)(C)O[C@H](C=O)[C@H]1COC2(CCCCC2)O1. The molecular formula is C16H30O4Si. The predicted molar refractivity (Wildman–Crippen MR) is 84.8 cm³/mol. The molecule has 21 heavy (non-hydrogen) atoms. The number of carbonyl (C=O) groups is 1. The molecule has 1 aliphatic heterocycles. The van der Waals surface area contributed by atoms with Crippen molar-refractivity contribution in [3.8, 4) is 0 Å². The molecule has 1 heterocycles. The van der Waals surface area contributed by atoms with Crippen LogP contribution in [0.15, 0.2) is 0 Å². The van der Waals surface area contributed by atoms with Crippen molar-refractivity contribution in [1.29, 1.82) is 0 Å². The highest BCUT2D eigenvalue weighted by molar-refractivity contribution is 6.74. The molecule has 0 N–H and O–H groups in total. The van der Waals surface area contributed by atoms with Gasteiger partial charge < -0.3 is 18.7 Å². The van der Waals surface area contributed by atoms with Crippen molar-refractivity contribution in [3.63, 3.8) is 0 Å². The van der Waals surface area contributed by atoms with Gasteiger partial charge in [-0.3, -0.25) is 0 Å². The molecule has 4 nitrogen and oxygen atoms in total. The third-order valence-electron chi connectivity index (χ3n) is 5.23. The maximum absolute atomic E-state index is 11.5. The van der Waals surface area contributed by atoms with E-state index in [1.165, 1.54) is 6.42 Å². The molecule has 2 rings (SSSR count). The third kappa shape index (κ3) is 3.75. The lowest BCUT2D eigenvalue weighted by molar-refractivity contribution is -0.193. The molecule has 0 unspecified atom stereocenters. The standard InChI is InChI=1S/C16H30O4Si/c1-15(2,3)21(4,5)20-13(11-17)14-12-18-16(19-14)9-7-6-8-10-16/h11,13-14H,6-10,12H2,1-5H3/t13-,14-/m1/s1. The minimum absolute atomic E-state index is 0.0796. The van der Waals surface area contributed by atoms with Crippen LogP contribution in [0.2, 0.25) is 18.1 Å². The Morgan fingerprint density at radius 3 is 2.38 bits per heavy atom. The van der Waals surface area contributed by atoms with Gasteiger partial charge in [-0.25, -0.2) is 0 Å². The molecule has 2 fully saturated rings. The summed E-state index contributed by atoms with van der Waals surface area (Å²) in [6.45, 7) is 11.3. The fraction of sp³-hybridized carbons (Fsp3) is 0.938. The van der Waals surface area contributed by atoms with E-state index in [0.717, 1.165) is 32.0 Å². The molecule has 2 aliphatic rings. The summed E-state index contributed by atoms with van der Waals surface area (Å²) in [5, 5.41) is 0.0796. The Hall–Kier alpha value is -0.233. The van der Waals surface area contributed by atoms with Gasteiger partial charge in [-0.1, -0.05) is 27.2 Å². The van der Waals surface area contributed by atoms with Crippen LogP contribution in [0.1, 0.15) is 52.9 Å². The van der Waals surface area contributed by atoms with Crippen molar-refractivity contribution < 1.29 is 18.7 Å². The lowest BCUT2D eigenvalue weighted by atomic mass is 9.94. The molecule has 1 aliphatic carbocycles. The molecule has 0 bridgehead atoms. The van der Waals surface area contributed by atoms with Crippen LogP contribution in [0, 0.1) is 0 Å². The average molecular weight is 314 g/mol. The maximum atomic E-state index is 11.5. The molecular weight excluding hydrogens is 284 g/mol. The van der Waals surface area contributed by atoms with Gasteiger partial charge in [-0.2, -0.15) is 0 Å². The second-order valence-electron chi connectivity index (χ2n) is 7.92. The van der Waals surface area contributed by atoms with E-state index in [1.54, 1.807) is 0 Å². The van der Waals surface area contributed by atoms with Crippen LogP contribution in [0.3, 0.4) is 0 Å². The Morgan fingerprint density at radius 1 is 1.24 bits per heavy atom. The molecule has 0 radical (unpaired) electrons. The Balaban J connectivity index is 2.01. The highest BCUT2D eigenvalue weighted by atomic mass is 28.4. The fourth-order valence-electron chi connectivity index (χ4n) is 2.80. The molecule has 122 valence electrons. The van der Waals surface area contributed by atoms with Crippen molar-refractivity contribution >= 4 is 14.6 Å². The average Bonchev–Trinajstić information content (AvgIpc) is 2.79. The normalized spacial score (nSPS) is 27.8. The number of carbonyl (C=O) groups excluding carboxylic acids is 1. The molecule has 1 saturated heterocycles. The molecule has 0 aromatic rings. The smallest absolute Gasteiger partial charge is 0.193 e. The first-order chi connectivity index (χ1) is 9.69. The summed E-state index contributed by atoms with van der Waals surface area (Å²) in [7, 11) is -1.98. The second-order valence-corrected chi connectivity index (χ2v) is 12.7. The van der Waals surface area contributed by atoms with Crippen LogP contribution < -0.4 is 0 Å². The zero-order chi connectivity index (χ0) is 15.7. The molecule has 2 atom stereocenters.